The van der Waals surface area contributed by atoms with Gasteiger partial charge in [-0.1, -0.05) is 35.9 Å². The minimum absolute atomic E-state index is 0.699. The van der Waals surface area contributed by atoms with E-state index in [2.05, 4.69) is 51.7 Å². The van der Waals surface area contributed by atoms with Crippen LogP contribution < -0.4 is 0 Å². The predicted molar refractivity (Wildman–Crippen MR) is 101 cm³/mol. The number of aromatic nitrogens is 2. The first-order chi connectivity index (χ1) is 12.1. The topological polar surface area (TPSA) is 52.1 Å². The molecule has 0 atom stereocenters. The molecule has 0 radical (unpaired) electrons. The van der Waals surface area contributed by atoms with Gasteiger partial charge < -0.3 is 5.11 Å². The molecular formula is C20H23N3OS. The molecular weight excluding hydrogens is 330 g/mol. The zero-order valence-electron chi connectivity index (χ0n) is 14.4. The second-order valence-corrected chi connectivity index (χ2v) is 7.87. The summed E-state index contributed by atoms with van der Waals surface area (Å²) in [6, 6.07) is 12.5. The van der Waals surface area contributed by atoms with Crippen molar-refractivity contribution in [1.82, 2.24) is 15.1 Å². The Morgan fingerprint density at radius 2 is 2.08 bits per heavy atom. The Kier molecular flexibility index (Phi) is 4.46. The number of aryl methyl sites for hydroxylation is 1. The number of nitrogens with zero attached hydrogens (tertiary/aromatic N) is 2. The third-order valence-electron chi connectivity index (χ3n) is 5.12. The predicted octanol–water partition coefficient (Wildman–Crippen LogP) is 3.93. The van der Waals surface area contributed by atoms with Gasteiger partial charge in [-0.2, -0.15) is 5.10 Å². The van der Waals surface area contributed by atoms with Gasteiger partial charge in [0, 0.05) is 25.2 Å². The Labute approximate surface area is 152 Å². The number of H-pyrrole nitrogens is 1. The van der Waals surface area contributed by atoms with Gasteiger partial charge in [-0.15, -0.1) is 11.3 Å². The van der Waals surface area contributed by atoms with Crippen molar-refractivity contribution in [2.24, 2.45) is 0 Å². The number of hydrogen-bond donors (Lipinski definition) is 2. The maximum atomic E-state index is 11.1. The van der Waals surface area contributed by atoms with Crippen LogP contribution in [0.15, 0.2) is 48.0 Å². The zero-order chi connectivity index (χ0) is 17.3. The van der Waals surface area contributed by atoms with Gasteiger partial charge in [0.2, 0.25) is 0 Å². The number of aromatic amines is 1. The summed E-state index contributed by atoms with van der Waals surface area (Å²) >= 11 is 1.73. The van der Waals surface area contributed by atoms with Gasteiger partial charge in [-0.25, -0.2) is 0 Å². The molecule has 25 heavy (non-hydrogen) atoms. The molecule has 1 fully saturated rings. The van der Waals surface area contributed by atoms with Crippen molar-refractivity contribution in [2.75, 3.05) is 13.1 Å². The molecule has 0 saturated carbocycles. The minimum atomic E-state index is -0.699. The lowest BCUT2D eigenvalue weighted by Gasteiger charge is -2.38. The van der Waals surface area contributed by atoms with Crippen LogP contribution in [0, 0.1) is 6.92 Å². The van der Waals surface area contributed by atoms with Crippen molar-refractivity contribution in [3.05, 3.63) is 64.7 Å². The van der Waals surface area contributed by atoms with E-state index in [0.29, 0.717) is 0 Å². The SMILES string of the molecule is Cc1cccc(C2(O)CCN(Cc3cn[nH]c3-c3cccs3)CC2)c1. The van der Waals surface area contributed by atoms with E-state index in [1.165, 1.54) is 16.0 Å². The smallest absolute Gasteiger partial charge is 0.0921 e. The molecule has 130 valence electrons. The second kappa shape index (κ2) is 6.75. The fourth-order valence-corrected chi connectivity index (χ4v) is 4.37. The van der Waals surface area contributed by atoms with Crippen molar-refractivity contribution >= 4 is 11.3 Å². The van der Waals surface area contributed by atoms with Gasteiger partial charge in [-0.05, 0) is 36.8 Å². The zero-order valence-corrected chi connectivity index (χ0v) is 15.2. The maximum Gasteiger partial charge on any atom is 0.0921 e. The van der Waals surface area contributed by atoms with E-state index in [9.17, 15) is 5.11 Å². The fraction of sp³-hybridized carbons (Fsp3) is 0.350. The van der Waals surface area contributed by atoms with E-state index in [4.69, 9.17) is 0 Å². The molecule has 1 aliphatic rings. The van der Waals surface area contributed by atoms with Crippen LogP contribution in [0.4, 0.5) is 0 Å². The van der Waals surface area contributed by atoms with Gasteiger partial charge in [0.1, 0.15) is 0 Å². The Balaban J connectivity index is 1.44. The number of piperidine rings is 1. The standard InChI is InChI=1S/C20H23N3OS/c1-15-4-2-5-17(12-15)20(24)7-9-23(10-8-20)14-16-13-21-22-19(16)18-6-3-11-25-18/h2-6,11-13,24H,7-10,14H2,1H3,(H,21,22). The highest BCUT2D eigenvalue weighted by Crippen LogP contribution is 2.34. The summed E-state index contributed by atoms with van der Waals surface area (Å²) in [5.74, 6) is 0. The lowest BCUT2D eigenvalue weighted by atomic mass is 9.84. The van der Waals surface area contributed by atoms with Crippen molar-refractivity contribution in [1.29, 1.82) is 0 Å². The number of rotatable bonds is 4. The van der Waals surface area contributed by atoms with Crippen LogP contribution in [-0.4, -0.2) is 33.3 Å². The third-order valence-corrected chi connectivity index (χ3v) is 6.01. The highest BCUT2D eigenvalue weighted by atomic mass is 32.1. The van der Waals surface area contributed by atoms with E-state index in [1.807, 2.05) is 18.3 Å². The molecule has 0 amide bonds. The molecule has 2 N–H and O–H groups in total. The molecule has 3 aromatic rings. The fourth-order valence-electron chi connectivity index (χ4n) is 3.61. The molecule has 0 unspecified atom stereocenters. The highest BCUT2D eigenvalue weighted by molar-refractivity contribution is 7.13. The summed E-state index contributed by atoms with van der Waals surface area (Å²) in [4.78, 5) is 3.63. The molecule has 5 heteroatoms. The van der Waals surface area contributed by atoms with Gasteiger partial charge in [0.05, 0.1) is 22.4 Å². The highest BCUT2D eigenvalue weighted by Gasteiger charge is 2.34. The number of nitrogens with one attached hydrogen (secondary N) is 1. The molecule has 1 aromatic carbocycles. The van der Waals surface area contributed by atoms with E-state index in [0.717, 1.165) is 43.7 Å². The maximum absolute atomic E-state index is 11.1. The molecule has 1 aliphatic heterocycles. The first kappa shape index (κ1) is 16.5. The summed E-state index contributed by atoms with van der Waals surface area (Å²) in [7, 11) is 0. The number of likely N-dealkylation sites (tertiary alicyclic amines) is 1. The van der Waals surface area contributed by atoms with Crippen molar-refractivity contribution in [3.8, 4) is 10.6 Å². The van der Waals surface area contributed by atoms with Crippen molar-refractivity contribution < 1.29 is 5.11 Å². The lowest BCUT2D eigenvalue weighted by Crippen LogP contribution is -2.42. The summed E-state index contributed by atoms with van der Waals surface area (Å²) in [5.41, 5.74) is 3.90. The first-order valence-corrected chi connectivity index (χ1v) is 9.60. The Bertz CT molecular complexity index is 832. The lowest BCUT2D eigenvalue weighted by molar-refractivity contribution is -0.0277. The summed E-state index contributed by atoms with van der Waals surface area (Å²) in [5, 5.41) is 20.5. The van der Waals surface area contributed by atoms with Crippen molar-refractivity contribution in [3.63, 3.8) is 0 Å². The molecule has 4 rings (SSSR count). The van der Waals surface area contributed by atoms with Crippen LogP contribution in [0.25, 0.3) is 10.6 Å². The second-order valence-electron chi connectivity index (χ2n) is 6.92. The van der Waals surface area contributed by atoms with Gasteiger partial charge in [0.25, 0.3) is 0 Å². The van der Waals surface area contributed by atoms with Gasteiger partial charge >= 0.3 is 0 Å². The summed E-state index contributed by atoms with van der Waals surface area (Å²) < 4.78 is 0. The van der Waals surface area contributed by atoms with Crippen LogP contribution in [0.2, 0.25) is 0 Å². The van der Waals surface area contributed by atoms with Crippen LogP contribution in [0.3, 0.4) is 0 Å². The monoisotopic (exact) mass is 353 g/mol. The average Bonchev–Trinajstić information content (AvgIpc) is 3.28. The van der Waals surface area contributed by atoms with Gasteiger partial charge in [-0.3, -0.25) is 10.00 Å². The quantitative estimate of drug-likeness (QED) is 0.747. The first-order valence-electron chi connectivity index (χ1n) is 8.72. The van der Waals surface area contributed by atoms with Crippen LogP contribution >= 0.6 is 11.3 Å². The third kappa shape index (κ3) is 3.40. The van der Waals surface area contributed by atoms with E-state index >= 15 is 0 Å². The van der Waals surface area contributed by atoms with Crippen LogP contribution in [0.5, 0.6) is 0 Å². The molecule has 0 aliphatic carbocycles. The normalized spacial score (nSPS) is 17.7. The van der Waals surface area contributed by atoms with Crippen molar-refractivity contribution in [2.45, 2.75) is 31.9 Å². The number of aliphatic hydroxyl groups is 1. The molecule has 2 aromatic heterocycles. The number of hydrogen-bond acceptors (Lipinski definition) is 4. The summed E-state index contributed by atoms with van der Waals surface area (Å²) in [6.45, 7) is 4.72. The van der Waals surface area contributed by atoms with E-state index < -0.39 is 5.60 Å². The Morgan fingerprint density at radius 1 is 1.24 bits per heavy atom. The summed E-state index contributed by atoms with van der Waals surface area (Å²) in [6.07, 6.45) is 3.46. The molecule has 3 heterocycles. The van der Waals surface area contributed by atoms with E-state index in [-0.39, 0.29) is 0 Å². The van der Waals surface area contributed by atoms with E-state index in [1.54, 1.807) is 11.3 Å². The largest absolute Gasteiger partial charge is 0.385 e. The molecule has 1 saturated heterocycles. The van der Waals surface area contributed by atoms with Crippen LogP contribution in [-0.2, 0) is 12.1 Å². The molecule has 4 nitrogen and oxygen atoms in total. The minimum Gasteiger partial charge on any atom is -0.385 e. The number of benzene rings is 1. The molecule has 0 spiro atoms. The van der Waals surface area contributed by atoms with Gasteiger partial charge in [0.15, 0.2) is 0 Å². The Morgan fingerprint density at radius 3 is 2.80 bits per heavy atom. The average molecular weight is 353 g/mol. The Hall–Kier alpha value is -1.95. The number of thiophene rings is 1. The van der Waals surface area contributed by atoms with Crippen LogP contribution in [0.1, 0.15) is 29.5 Å². The molecule has 0 bridgehead atoms.